The number of nitro groups is 1. The molecule has 0 bridgehead atoms. The maximum absolute atomic E-state index is 12.8. The van der Waals surface area contributed by atoms with Crippen molar-refractivity contribution >= 4 is 28.9 Å². The molecule has 2 N–H and O–H groups in total. The van der Waals surface area contributed by atoms with E-state index in [2.05, 4.69) is 5.10 Å². The number of aryl methyl sites for hydroxylation is 1. The van der Waals surface area contributed by atoms with Gasteiger partial charge in [0.25, 0.3) is 11.6 Å². The summed E-state index contributed by atoms with van der Waals surface area (Å²) in [5.74, 6) is -1.68. The molecule has 0 aliphatic heterocycles. The fraction of sp³-hybridized carbons (Fsp3) is 0.167. The molecule has 0 saturated heterocycles. The second-order valence-corrected chi connectivity index (χ2v) is 4.92. The molecule has 1 aromatic heterocycles. The molecule has 0 spiro atoms. The van der Waals surface area contributed by atoms with Crippen LogP contribution in [0.4, 0.5) is 24.5 Å². The van der Waals surface area contributed by atoms with Crippen LogP contribution in [0.25, 0.3) is 0 Å². The monoisotopic (exact) mass is 364 g/mol. The lowest BCUT2D eigenvalue weighted by molar-refractivity contribution is -0.384. The Morgan fingerprint density at radius 3 is 2.58 bits per heavy atom. The summed E-state index contributed by atoms with van der Waals surface area (Å²) in [7, 11) is 0.955. The Labute approximate surface area is 136 Å². The van der Waals surface area contributed by atoms with Crippen LogP contribution in [0.5, 0.6) is 5.75 Å². The van der Waals surface area contributed by atoms with E-state index in [9.17, 15) is 33.2 Å². The number of aromatic hydroxyl groups is 1. The molecule has 0 unspecified atom stereocenters. The third kappa shape index (κ3) is 3.25. The van der Waals surface area contributed by atoms with Crippen LogP contribution in [0, 0.1) is 10.1 Å². The lowest BCUT2D eigenvalue weighted by Gasteiger charge is -2.07. The number of anilines is 1. The van der Waals surface area contributed by atoms with Crippen LogP contribution >= 0.6 is 11.6 Å². The van der Waals surface area contributed by atoms with Gasteiger partial charge in [0.2, 0.25) is 0 Å². The Kier molecular flexibility index (Phi) is 4.38. The predicted molar refractivity (Wildman–Crippen MR) is 75.9 cm³/mol. The molecule has 0 radical (unpaired) electrons. The number of nitro benzene ring substituents is 1. The third-order valence-electron chi connectivity index (χ3n) is 2.91. The number of phenolic OH excluding ortho intramolecular Hbond substituents is 1. The molecule has 1 amide bonds. The number of non-ortho nitro benzene ring substituents is 1. The van der Waals surface area contributed by atoms with E-state index < -0.39 is 44.9 Å². The predicted octanol–water partition coefficient (Wildman–Crippen LogP) is 2.96. The van der Waals surface area contributed by atoms with Crippen LogP contribution in [0.15, 0.2) is 18.2 Å². The number of hydrogen-bond donors (Lipinski definition) is 2. The minimum atomic E-state index is -4.83. The summed E-state index contributed by atoms with van der Waals surface area (Å²) in [5, 5.41) is 24.8. The number of halogens is 4. The van der Waals surface area contributed by atoms with Gasteiger partial charge >= 0.3 is 6.18 Å². The van der Waals surface area contributed by atoms with Crippen LogP contribution < -0.4 is 5.32 Å². The molecule has 0 aliphatic carbocycles. The Morgan fingerprint density at radius 1 is 1.46 bits per heavy atom. The summed E-state index contributed by atoms with van der Waals surface area (Å²) in [6.07, 6.45) is -4.83. The summed E-state index contributed by atoms with van der Waals surface area (Å²) in [5.41, 5.74) is -2.87. The molecular weight excluding hydrogens is 357 g/mol. The zero-order valence-corrected chi connectivity index (χ0v) is 12.5. The highest BCUT2D eigenvalue weighted by Gasteiger charge is 2.40. The number of amides is 1. The van der Waals surface area contributed by atoms with Gasteiger partial charge in [-0.05, 0) is 6.07 Å². The van der Waals surface area contributed by atoms with E-state index in [0.29, 0.717) is 4.68 Å². The van der Waals surface area contributed by atoms with E-state index in [0.717, 1.165) is 25.2 Å². The standard InChI is InChI=1S/C12H8ClF3N4O4/c1-19-10(12(14,15)16)8(13)9(18-19)11(22)17-6-4-5(20(23)24)2-3-7(6)21/h2-4,21H,1H3,(H,17,22). The van der Waals surface area contributed by atoms with Gasteiger partial charge in [0.05, 0.1) is 10.6 Å². The molecule has 12 heteroatoms. The zero-order valence-electron chi connectivity index (χ0n) is 11.8. The lowest BCUT2D eigenvalue weighted by atomic mass is 10.2. The van der Waals surface area contributed by atoms with Gasteiger partial charge in [-0.2, -0.15) is 18.3 Å². The van der Waals surface area contributed by atoms with E-state index in [1.54, 1.807) is 0 Å². The Hall–Kier alpha value is -2.82. The van der Waals surface area contributed by atoms with Crippen LogP contribution in [-0.4, -0.2) is 25.7 Å². The zero-order chi connectivity index (χ0) is 18.2. The molecule has 0 aliphatic rings. The van der Waals surface area contributed by atoms with Gasteiger partial charge in [-0.3, -0.25) is 19.6 Å². The largest absolute Gasteiger partial charge is 0.506 e. The first-order valence-electron chi connectivity index (χ1n) is 6.10. The molecule has 128 valence electrons. The first kappa shape index (κ1) is 17.5. The van der Waals surface area contributed by atoms with Crippen molar-refractivity contribution < 1.29 is 28.0 Å². The van der Waals surface area contributed by atoms with E-state index in [1.807, 2.05) is 5.32 Å². The van der Waals surface area contributed by atoms with Gasteiger partial charge in [-0.25, -0.2) is 0 Å². The first-order chi connectivity index (χ1) is 11.0. The average molecular weight is 365 g/mol. The quantitative estimate of drug-likeness (QED) is 0.494. The molecular formula is C12H8ClF3N4O4. The molecule has 0 saturated carbocycles. The second-order valence-electron chi connectivity index (χ2n) is 4.55. The van der Waals surface area contributed by atoms with Crippen molar-refractivity contribution in [3.05, 3.63) is 44.7 Å². The van der Waals surface area contributed by atoms with Gasteiger partial charge in [0.1, 0.15) is 10.8 Å². The van der Waals surface area contributed by atoms with Crippen molar-refractivity contribution in [3.63, 3.8) is 0 Å². The molecule has 1 aromatic carbocycles. The van der Waals surface area contributed by atoms with Gasteiger partial charge in [-0.15, -0.1) is 0 Å². The van der Waals surface area contributed by atoms with Gasteiger partial charge in [0.15, 0.2) is 11.4 Å². The summed E-state index contributed by atoms with van der Waals surface area (Å²) in [4.78, 5) is 22.0. The average Bonchev–Trinajstić information content (AvgIpc) is 2.75. The Morgan fingerprint density at radius 2 is 2.08 bits per heavy atom. The first-order valence-corrected chi connectivity index (χ1v) is 6.48. The van der Waals surface area contributed by atoms with E-state index in [4.69, 9.17) is 11.6 Å². The highest BCUT2D eigenvalue weighted by atomic mass is 35.5. The molecule has 0 atom stereocenters. The van der Waals surface area contributed by atoms with Gasteiger partial charge in [0, 0.05) is 19.2 Å². The topological polar surface area (TPSA) is 110 Å². The number of alkyl halides is 3. The maximum Gasteiger partial charge on any atom is 0.434 e. The number of nitrogens with one attached hydrogen (secondary N) is 1. The molecule has 24 heavy (non-hydrogen) atoms. The van der Waals surface area contributed by atoms with Crippen LogP contribution in [0.2, 0.25) is 5.02 Å². The number of benzene rings is 1. The summed E-state index contributed by atoms with van der Waals surface area (Å²) in [6.45, 7) is 0. The maximum atomic E-state index is 12.8. The molecule has 8 nitrogen and oxygen atoms in total. The number of rotatable bonds is 3. The number of phenols is 1. The van der Waals surface area contributed by atoms with Crippen molar-refractivity contribution in [1.82, 2.24) is 9.78 Å². The summed E-state index contributed by atoms with van der Waals surface area (Å²) < 4.78 is 38.9. The van der Waals surface area contributed by atoms with Crippen molar-refractivity contribution in [2.45, 2.75) is 6.18 Å². The minimum absolute atomic E-state index is 0.371. The fourth-order valence-corrected chi connectivity index (χ4v) is 2.22. The van der Waals surface area contributed by atoms with Crippen molar-refractivity contribution in [1.29, 1.82) is 0 Å². The number of aromatic nitrogens is 2. The molecule has 0 fully saturated rings. The number of carbonyl (C=O) groups is 1. The van der Waals surface area contributed by atoms with Crippen molar-refractivity contribution in [2.24, 2.45) is 7.05 Å². The van der Waals surface area contributed by atoms with E-state index >= 15 is 0 Å². The normalized spacial score (nSPS) is 11.4. The molecule has 2 aromatic rings. The highest BCUT2D eigenvalue weighted by Crippen LogP contribution is 2.36. The molecule has 2 rings (SSSR count). The van der Waals surface area contributed by atoms with Gasteiger partial charge in [-0.1, -0.05) is 11.6 Å². The SMILES string of the molecule is Cn1nc(C(=O)Nc2cc([N+](=O)[O-])ccc2O)c(Cl)c1C(F)(F)F. The van der Waals surface area contributed by atoms with Gasteiger partial charge < -0.3 is 10.4 Å². The summed E-state index contributed by atoms with van der Waals surface area (Å²) in [6, 6.07) is 2.78. The number of hydrogen-bond acceptors (Lipinski definition) is 5. The third-order valence-corrected chi connectivity index (χ3v) is 3.27. The van der Waals surface area contributed by atoms with Crippen LogP contribution in [-0.2, 0) is 13.2 Å². The number of nitrogens with zero attached hydrogens (tertiary/aromatic N) is 3. The Balaban J connectivity index is 2.38. The van der Waals surface area contributed by atoms with E-state index in [-0.39, 0.29) is 5.69 Å². The van der Waals surface area contributed by atoms with E-state index in [1.165, 1.54) is 0 Å². The van der Waals surface area contributed by atoms with Crippen LogP contribution in [0.3, 0.4) is 0 Å². The smallest absolute Gasteiger partial charge is 0.434 e. The molecule has 1 heterocycles. The minimum Gasteiger partial charge on any atom is -0.506 e. The summed E-state index contributed by atoms with van der Waals surface area (Å²) >= 11 is 5.56. The lowest BCUT2D eigenvalue weighted by Crippen LogP contribution is -2.13. The van der Waals surface area contributed by atoms with Crippen molar-refractivity contribution in [3.8, 4) is 5.75 Å². The highest BCUT2D eigenvalue weighted by molar-refractivity contribution is 6.34. The fourth-order valence-electron chi connectivity index (χ4n) is 1.87. The number of carbonyl (C=O) groups excluding carboxylic acids is 1. The Bertz CT molecular complexity index is 834. The van der Waals surface area contributed by atoms with Crippen molar-refractivity contribution in [2.75, 3.05) is 5.32 Å². The van der Waals surface area contributed by atoms with Crippen LogP contribution in [0.1, 0.15) is 16.2 Å². The second kappa shape index (κ2) is 6.00.